The highest BCUT2D eigenvalue weighted by atomic mass is 32.2. The molecule has 0 aliphatic heterocycles. The first kappa shape index (κ1) is 13.9. The van der Waals surface area contributed by atoms with E-state index in [2.05, 4.69) is 17.1 Å². The molecule has 1 aliphatic carbocycles. The van der Waals surface area contributed by atoms with Gasteiger partial charge in [0.2, 0.25) is 0 Å². The molecule has 0 aromatic heterocycles. The molecule has 0 aromatic rings. The van der Waals surface area contributed by atoms with E-state index >= 15 is 0 Å². The lowest BCUT2D eigenvalue weighted by Gasteiger charge is -2.19. The zero-order chi connectivity index (χ0) is 12.0. The first-order chi connectivity index (χ1) is 7.53. The molecule has 0 radical (unpaired) electrons. The molecule has 0 amide bonds. The lowest BCUT2D eigenvalue weighted by Crippen LogP contribution is -2.34. The van der Waals surface area contributed by atoms with Gasteiger partial charge in [0.05, 0.1) is 5.75 Å². The van der Waals surface area contributed by atoms with Gasteiger partial charge in [0.15, 0.2) is 0 Å². The van der Waals surface area contributed by atoms with Crippen molar-refractivity contribution in [3.63, 3.8) is 0 Å². The van der Waals surface area contributed by atoms with Gasteiger partial charge in [-0.1, -0.05) is 6.92 Å². The van der Waals surface area contributed by atoms with Crippen molar-refractivity contribution in [3.05, 3.63) is 0 Å². The molecule has 5 heteroatoms. The predicted molar refractivity (Wildman–Crippen MR) is 67.5 cm³/mol. The molecule has 0 unspecified atom stereocenters. The van der Waals surface area contributed by atoms with Crippen LogP contribution in [0.4, 0.5) is 0 Å². The Morgan fingerprint density at radius 1 is 1.31 bits per heavy atom. The minimum atomic E-state index is -2.79. The first-order valence-corrected chi connectivity index (χ1v) is 8.21. The van der Waals surface area contributed by atoms with Crippen molar-refractivity contribution in [2.75, 3.05) is 38.2 Å². The van der Waals surface area contributed by atoms with E-state index in [9.17, 15) is 8.42 Å². The molecule has 1 saturated carbocycles. The maximum Gasteiger partial charge on any atom is 0.147 e. The zero-order valence-electron chi connectivity index (χ0n) is 10.4. The topological polar surface area (TPSA) is 49.4 Å². The summed E-state index contributed by atoms with van der Waals surface area (Å²) < 4.78 is 21.8. The number of hydrogen-bond donors (Lipinski definition) is 1. The van der Waals surface area contributed by atoms with E-state index in [4.69, 9.17) is 0 Å². The second kappa shape index (κ2) is 6.57. The third-order valence-electron chi connectivity index (χ3n) is 2.91. The Morgan fingerprint density at radius 2 is 2.00 bits per heavy atom. The van der Waals surface area contributed by atoms with Crippen LogP contribution < -0.4 is 5.32 Å². The molecule has 0 aromatic carbocycles. The molecular formula is C11H24N2O2S. The highest BCUT2D eigenvalue weighted by Gasteiger charge is 2.26. The van der Waals surface area contributed by atoms with E-state index in [1.54, 1.807) is 0 Å². The van der Waals surface area contributed by atoms with Crippen LogP contribution in [0.3, 0.4) is 0 Å². The quantitative estimate of drug-likeness (QED) is 0.604. The molecule has 0 saturated heterocycles. The van der Waals surface area contributed by atoms with Gasteiger partial charge in [-0.25, -0.2) is 8.42 Å². The molecule has 1 aliphatic rings. The number of nitrogens with zero attached hydrogens (tertiary/aromatic N) is 1. The Hall–Kier alpha value is -0.130. The third-order valence-corrected chi connectivity index (χ3v) is 3.94. The first-order valence-electron chi connectivity index (χ1n) is 6.15. The summed E-state index contributed by atoms with van der Waals surface area (Å²) in [5.74, 6) is 0.292. The van der Waals surface area contributed by atoms with E-state index in [0.717, 1.165) is 32.2 Å². The van der Waals surface area contributed by atoms with Crippen LogP contribution in [0.15, 0.2) is 0 Å². The molecule has 96 valence electrons. The largest absolute Gasteiger partial charge is 0.315 e. The number of rotatable bonds is 9. The summed E-state index contributed by atoms with van der Waals surface area (Å²) in [4.78, 5) is 2.49. The second-order valence-electron chi connectivity index (χ2n) is 4.59. The summed E-state index contributed by atoms with van der Waals surface area (Å²) in [6.07, 6.45) is 4.71. The lowest BCUT2D eigenvalue weighted by atomic mass is 10.4. The number of likely N-dealkylation sites (N-methyl/N-ethyl adjacent to an activating group) is 1. The normalized spacial score (nSPS) is 16.9. The van der Waals surface area contributed by atoms with Gasteiger partial charge in [0.25, 0.3) is 0 Å². The average molecular weight is 248 g/mol. The Morgan fingerprint density at radius 3 is 2.50 bits per heavy atom. The van der Waals surface area contributed by atoms with Gasteiger partial charge in [-0.15, -0.1) is 0 Å². The fourth-order valence-electron chi connectivity index (χ4n) is 1.85. The van der Waals surface area contributed by atoms with Crippen LogP contribution in [0.25, 0.3) is 0 Å². The van der Waals surface area contributed by atoms with Gasteiger partial charge in [0.1, 0.15) is 9.84 Å². The molecule has 1 fully saturated rings. The monoisotopic (exact) mass is 248 g/mol. The van der Waals surface area contributed by atoms with Gasteiger partial charge in [-0.3, -0.25) is 4.90 Å². The van der Waals surface area contributed by atoms with Crippen LogP contribution in [-0.4, -0.2) is 57.5 Å². The molecule has 0 heterocycles. The average Bonchev–Trinajstić information content (AvgIpc) is 2.99. The Balaban J connectivity index is 1.95. The maximum atomic E-state index is 10.9. The van der Waals surface area contributed by atoms with E-state index in [0.29, 0.717) is 12.2 Å². The standard InChI is InChI=1S/C11H24N2O2S/c1-3-13(11-5-6-11)9-8-12-7-4-10-16(2,14)15/h11-12H,3-10H2,1-2H3. The Bertz CT molecular complexity index is 286. The fraction of sp³-hybridized carbons (Fsp3) is 1.00. The Labute approximate surface area is 99.3 Å². The van der Waals surface area contributed by atoms with E-state index in [1.807, 2.05) is 0 Å². The van der Waals surface area contributed by atoms with Crippen LogP contribution in [0, 0.1) is 0 Å². The minimum absolute atomic E-state index is 0.292. The van der Waals surface area contributed by atoms with Gasteiger partial charge in [0, 0.05) is 25.4 Å². The summed E-state index contributed by atoms with van der Waals surface area (Å²) in [5, 5.41) is 3.30. The van der Waals surface area contributed by atoms with Crippen molar-refractivity contribution in [1.29, 1.82) is 0 Å². The van der Waals surface area contributed by atoms with Crippen molar-refractivity contribution in [2.24, 2.45) is 0 Å². The summed E-state index contributed by atoms with van der Waals surface area (Å²) >= 11 is 0. The summed E-state index contributed by atoms with van der Waals surface area (Å²) in [6, 6.07) is 0.822. The summed E-state index contributed by atoms with van der Waals surface area (Å²) in [6.45, 7) is 6.17. The zero-order valence-corrected chi connectivity index (χ0v) is 11.2. The minimum Gasteiger partial charge on any atom is -0.315 e. The molecular weight excluding hydrogens is 224 g/mol. The molecule has 0 bridgehead atoms. The highest BCUT2D eigenvalue weighted by molar-refractivity contribution is 7.90. The van der Waals surface area contributed by atoms with Gasteiger partial charge >= 0.3 is 0 Å². The van der Waals surface area contributed by atoms with Crippen molar-refractivity contribution >= 4 is 9.84 Å². The van der Waals surface area contributed by atoms with E-state index in [1.165, 1.54) is 19.1 Å². The Kier molecular flexibility index (Phi) is 5.72. The third kappa shape index (κ3) is 6.45. The molecule has 1 rings (SSSR count). The fourth-order valence-corrected chi connectivity index (χ4v) is 2.51. The van der Waals surface area contributed by atoms with Crippen molar-refractivity contribution in [2.45, 2.75) is 32.2 Å². The van der Waals surface area contributed by atoms with Crippen molar-refractivity contribution in [1.82, 2.24) is 10.2 Å². The van der Waals surface area contributed by atoms with Crippen LogP contribution in [0.1, 0.15) is 26.2 Å². The maximum absolute atomic E-state index is 10.9. The van der Waals surface area contributed by atoms with Crippen LogP contribution in [0.2, 0.25) is 0 Å². The lowest BCUT2D eigenvalue weighted by molar-refractivity contribution is 0.277. The van der Waals surface area contributed by atoms with E-state index < -0.39 is 9.84 Å². The SMILES string of the molecule is CCN(CCNCCCS(C)(=O)=O)C1CC1. The van der Waals surface area contributed by atoms with Gasteiger partial charge in [-0.05, 0) is 32.4 Å². The molecule has 16 heavy (non-hydrogen) atoms. The van der Waals surface area contributed by atoms with E-state index in [-0.39, 0.29) is 0 Å². The number of nitrogens with one attached hydrogen (secondary N) is 1. The number of sulfone groups is 1. The smallest absolute Gasteiger partial charge is 0.147 e. The molecule has 4 nitrogen and oxygen atoms in total. The molecule has 1 N–H and O–H groups in total. The molecule has 0 spiro atoms. The van der Waals surface area contributed by atoms with Crippen LogP contribution >= 0.6 is 0 Å². The summed E-state index contributed by atoms with van der Waals surface area (Å²) in [7, 11) is -2.79. The van der Waals surface area contributed by atoms with Gasteiger partial charge in [-0.2, -0.15) is 0 Å². The summed E-state index contributed by atoms with van der Waals surface area (Å²) in [5.41, 5.74) is 0. The molecule has 0 atom stereocenters. The van der Waals surface area contributed by atoms with Crippen LogP contribution in [-0.2, 0) is 9.84 Å². The van der Waals surface area contributed by atoms with Gasteiger partial charge < -0.3 is 5.32 Å². The van der Waals surface area contributed by atoms with Crippen molar-refractivity contribution in [3.8, 4) is 0 Å². The van der Waals surface area contributed by atoms with Crippen molar-refractivity contribution < 1.29 is 8.42 Å². The second-order valence-corrected chi connectivity index (χ2v) is 6.85. The predicted octanol–water partition coefficient (Wildman–Crippen LogP) is 0.495. The number of hydrogen-bond acceptors (Lipinski definition) is 4. The highest BCUT2D eigenvalue weighted by Crippen LogP contribution is 2.25. The van der Waals surface area contributed by atoms with Crippen LogP contribution in [0.5, 0.6) is 0 Å².